The Morgan fingerprint density at radius 3 is 1.60 bits per heavy atom. The van der Waals surface area contributed by atoms with E-state index in [1.165, 1.54) is 70.6 Å². The number of nitrogens with one attached hydrogen (secondary N) is 1. The van der Waals surface area contributed by atoms with Gasteiger partial charge in [0.25, 0.3) is 0 Å². The SMILES string of the molecule is CCCCCCCCCCCCCCNCC(=O)[O-].[Na+]. The molecule has 0 atom stereocenters. The molecule has 4 heteroatoms. The summed E-state index contributed by atoms with van der Waals surface area (Å²) in [7, 11) is 0. The van der Waals surface area contributed by atoms with Gasteiger partial charge in [-0.25, -0.2) is 0 Å². The number of rotatable bonds is 15. The molecule has 0 saturated carbocycles. The molecule has 0 aliphatic heterocycles. The summed E-state index contributed by atoms with van der Waals surface area (Å²) in [6.07, 6.45) is 16.0. The molecular formula is C16H32NNaO2. The minimum Gasteiger partial charge on any atom is -0.549 e. The summed E-state index contributed by atoms with van der Waals surface area (Å²) in [6, 6.07) is 0. The fraction of sp³-hybridized carbons (Fsp3) is 0.938. The van der Waals surface area contributed by atoms with Crippen LogP contribution in [-0.4, -0.2) is 19.1 Å². The molecule has 0 spiro atoms. The Labute approximate surface area is 147 Å². The summed E-state index contributed by atoms with van der Waals surface area (Å²) < 4.78 is 0. The number of aliphatic carboxylic acids is 1. The quantitative estimate of drug-likeness (QED) is 0.342. The third kappa shape index (κ3) is 20.7. The first-order valence-corrected chi connectivity index (χ1v) is 8.18. The van der Waals surface area contributed by atoms with Gasteiger partial charge in [0.15, 0.2) is 0 Å². The molecule has 0 aliphatic rings. The van der Waals surface area contributed by atoms with E-state index in [-0.39, 0.29) is 36.1 Å². The van der Waals surface area contributed by atoms with E-state index in [4.69, 9.17) is 0 Å². The van der Waals surface area contributed by atoms with E-state index in [1.54, 1.807) is 0 Å². The van der Waals surface area contributed by atoms with Crippen LogP contribution in [0.15, 0.2) is 0 Å². The molecule has 0 aromatic rings. The van der Waals surface area contributed by atoms with Crippen molar-refractivity contribution in [3.63, 3.8) is 0 Å². The van der Waals surface area contributed by atoms with Crippen molar-refractivity contribution in [2.45, 2.75) is 84.0 Å². The van der Waals surface area contributed by atoms with E-state index in [0.717, 1.165) is 13.0 Å². The van der Waals surface area contributed by atoms with Crippen molar-refractivity contribution in [2.24, 2.45) is 0 Å². The number of unbranched alkanes of at least 4 members (excludes halogenated alkanes) is 11. The Morgan fingerprint density at radius 1 is 0.800 bits per heavy atom. The van der Waals surface area contributed by atoms with Crippen molar-refractivity contribution >= 4 is 5.97 Å². The van der Waals surface area contributed by atoms with Crippen molar-refractivity contribution in [3.8, 4) is 0 Å². The molecule has 0 fully saturated rings. The molecule has 0 aromatic heterocycles. The molecule has 3 nitrogen and oxygen atoms in total. The van der Waals surface area contributed by atoms with Crippen LogP contribution in [0.2, 0.25) is 0 Å². The van der Waals surface area contributed by atoms with Crippen LogP contribution in [0.1, 0.15) is 84.0 Å². The molecule has 114 valence electrons. The third-order valence-electron chi connectivity index (χ3n) is 3.48. The van der Waals surface area contributed by atoms with E-state index in [9.17, 15) is 9.90 Å². The van der Waals surface area contributed by atoms with E-state index in [2.05, 4.69) is 12.2 Å². The smallest absolute Gasteiger partial charge is 0.549 e. The standard InChI is InChI=1S/C16H33NO2.Na/c1-2-3-4-5-6-7-8-9-10-11-12-13-14-17-15-16(18)19;/h17H,2-15H2,1H3,(H,18,19);/q;+1/p-1. The fourth-order valence-corrected chi connectivity index (χ4v) is 2.28. The Hall–Kier alpha value is 0.430. The second kappa shape index (κ2) is 19.4. The molecule has 0 heterocycles. The number of carbonyl (C=O) groups is 1. The van der Waals surface area contributed by atoms with Gasteiger partial charge in [0.1, 0.15) is 0 Å². The van der Waals surface area contributed by atoms with Crippen molar-refractivity contribution in [3.05, 3.63) is 0 Å². The minimum atomic E-state index is -1.01. The molecule has 0 aromatic carbocycles. The third-order valence-corrected chi connectivity index (χ3v) is 3.48. The molecule has 0 aliphatic carbocycles. The van der Waals surface area contributed by atoms with Gasteiger partial charge in [-0.2, -0.15) is 0 Å². The average Bonchev–Trinajstić information content (AvgIpc) is 2.39. The summed E-state index contributed by atoms with van der Waals surface area (Å²) in [5.74, 6) is -1.01. The Morgan fingerprint density at radius 2 is 1.20 bits per heavy atom. The van der Waals surface area contributed by atoms with E-state index < -0.39 is 5.97 Å². The Kier molecular flexibility index (Phi) is 22.1. The first-order chi connectivity index (χ1) is 9.27. The number of carbonyl (C=O) groups excluding carboxylic acids is 1. The second-order valence-electron chi connectivity index (χ2n) is 5.44. The summed E-state index contributed by atoms with van der Waals surface area (Å²) in [4.78, 5) is 10.1. The Balaban J connectivity index is 0. The summed E-state index contributed by atoms with van der Waals surface area (Å²) in [5.41, 5.74) is 0. The summed E-state index contributed by atoms with van der Waals surface area (Å²) >= 11 is 0. The summed E-state index contributed by atoms with van der Waals surface area (Å²) in [5, 5.41) is 13.0. The summed E-state index contributed by atoms with van der Waals surface area (Å²) in [6.45, 7) is 3.04. The molecule has 20 heavy (non-hydrogen) atoms. The topological polar surface area (TPSA) is 52.2 Å². The first kappa shape index (κ1) is 22.7. The van der Waals surface area contributed by atoms with Gasteiger partial charge in [-0.1, -0.05) is 77.6 Å². The van der Waals surface area contributed by atoms with Crippen molar-refractivity contribution in [1.82, 2.24) is 5.32 Å². The van der Waals surface area contributed by atoms with Crippen LogP contribution in [-0.2, 0) is 4.79 Å². The van der Waals surface area contributed by atoms with Crippen molar-refractivity contribution < 1.29 is 39.5 Å². The molecule has 0 bridgehead atoms. The first-order valence-electron chi connectivity index (χ1n) is 8.18. The largest absolute Gasteiger partial charge is 1.00 e. The maximum absolute atomic E-state index is 10.1. The van der Waals surface area contributed by atoms with Crippen LogP contribution in [0.3, 0.4) is 0 Å². The molecular weight excluding hydrogens is 261 g/mol. The molecule has 0 amide bonds. The van der Waals surface area contributed by atoms with Crippen LogP contribution >= 0.6 is 0 Å². The predicted octanol–water partition coefficient (Wildman–Crippen LogP) is 0.0310. The maximum Gasteiger partial charge on any atom is 1.00 e. The number of hydrogen-bond donors (Lipinski definition) is 1. The van der Waals surface area contributed by atoms with Crippen molar-refractivity contribution in [2.75, 3.05) is 13.1 Å². The predicted molar refractivity (Wildman–Crippen MR) is 79.0 cm³/mol. The molecule has 0 saturated heterocycles. The van der Waals surface area contributed by atoms with Gasteiger partial charge in [-0.05, 0) is 13.0 Å². The van der Waals surface area contributed by atoms with Crippen molar-refractivity contribution in [1.29, 1.82) is 0 Å². The van der Waals surface area contributed by atoms with Gasteiger partial charge in [0.2, 0.25) is 0 Å². The molecule has 0 unspecified atom stereocenters. The normalized spacial score (nSPS) is 10.2. The van der Waals surface area contributed by atoms with Gasteiger partial charge >= 0.3 is 29.6 Å². The van der Waals surface area contributed by atoms with Crippen LogP contribution < -0.4 is 40.0 Å². The molecule has 1 N–H and O–H groups in total. The zero-order valence-electron chi connectivity index (χ0n) is 13.7. The average molecular weight is 293 g/mol. The van der Waals surface area contributed by atoms with Gasteiger partial charge in [0, 0.05) is 6.54 Å². The van der Waals surface area contributed by atoms with Gasteiger partial charge in [0.05, 0.1) is 5.97 Å². The fourth-order valence-electron chi connectivity index (χ4n) is 2.28. The van der Waals surface area contributed by atoms with Crippen LogP contribution in [0, 0.1) is 0 Å². The van der Waals surface area contributed by atoms with E-state index in [1.807, 2.05) is 0 Å². The van der Waals surface area contributed by atoms with E-state index in [0.29, 0.717) is 0 Å². The van der Waals surface area contributed by atoms with Gasteiger partial charge in [-0.3, -0.25) is 0 Å². The monoisotopic (exact) mass is 293 g/mol. The van der Waals surface area contributed by atoms with Gasteiger partial charge in [-0.15, -0.1) is 0 Å². The minimum absolute atomic E-state index is 0. The van der Waals surface area contributed by atoms with Gasteiger partial charge < -0.3 is 15.2 Å². The zero-order chi connectivity index (χ0) is 14.2. The molecule has 0 radical (unpaired) electrons. The Bertz CT molecular complexity index is 201. The zero-order valence-corrected chi connectivity index (χ0v) is 15.7. The number of carboxylic acid groups (broad SMARTS) is 1. The van der Waals surface area contributed by atoms with Crippen LogP contribution in [0.25, 0.3) is 0 Å². The van der Waals surface area contributed by atoms with E-state index >= 15 is 0 Å². The van der Waals surface area contributed by atoms with Crippen LogP contribution in [0.5, 0.6) is 0 Å². The maximum atomic E-state index is 10.1. The number of carboxylic acids is 1. The second-order valence-corrected chi connectivity index (χ2v) is 5.44. The molecule has 0 rings (SSSR count). The van der Waals surface area contributed by atoms with Crippen LogP contribution in [0.4, 0.5) is 0 Å². The number of hydrogen-bond acceptors (Lipinski definition) is 3.